The standard InChI is InChI=1S/C13H18FNO/c1-3-4-5-12(15)13(16)10-7-6-9(2)11(14)8-10/h6-8,12H,3-5,15H2,1-2H3. The highest BCUT2D eigenvalue weighted by molar-refractivity contribution is 5.99. The zero-order chi connectivity index (χ0) is 12.1. The van der Waals surface area contributed by atoms with Gasteiger partial charge in [0.05, 0.1) is 6.04 Å². The van der Waals surface area contributed by atoms with Gasteiger partial charge in [-0.2, -0.15) is 0 Å². The maximum atomic E-state index is 13.3. The first kappa shape index (κ1) is 12.8. The Bertz CT molecular complexity index is 376. The van der Waals surface area contributed by atoms with E-state index < -0.39 is 6.04 Å². The largest absolute Gasteiger partial charge is 0.321 e. The predicted molar refractivity (Wildman–Crippen MR) is 63.0 cm³/mol. The Morgan fingerprint density at radius 2 is 2.19 bits per heavy atom. The number of hydrogen-bond acceptors (Lipinski definition) is 2. The Labute approximate surface area is 95.7 Å². The van der Waals surface area contributed by atoms with E-state index in [-0.39, 0.29) is 11.6 Å². The lowest BCUT2D eigenvalue weighted by atomic mass is 9.99. The first-order chi connectivity index (χ1) is 7.56. The van der Waals surface area contributed by atoms with Crippen LogP contribution in [0.1, 0.15) is 42.1 Å². The van der Waals surface area contributed by atoms with Crippen LogP contribution in [0.2, 0.25) is 0 Å². The van der Waals surface area contributed by atoms with Crippen LogP contribution in [-0.2, 0) is 0 Å². The number of carbonyl (C=O) groups is 1. The van der Waals surface area contributed by atoms with Gasteiger partial charge in [-0.25, -0.2) is 4.39 Å². The van der Waals surface area contributed by atoms with Crippen molar-refractivity contribution in [2.24, 2.45) is 5.73 Å². The number of aryl methyl sites for hydroxylation is 1. The van der Waals surface area contributed by atoms with E-state index in [1.807, 2.05) is 6.92 Å². The first-order valence-electron chi connectivity index (χ1n) is 5.62. The number of ketones is 1. The van der Waals surface area contributed by atoms with Crippen LogP contribution in [0.25, 0.3) is 0 Å². The Morgan fingerprint density at radius 3 is 2.75 bits per heavy atom. The number of Topliss-reactive ketones (excluding diaryl/α,β-unsaturated/α-hetero) is 1. The van der Waals surface area contributed by atoms with Crippen molar-refractivity contribution in [3.05, 3.63) is 35.1 Å². The van der Waals surface area contributed by atoms with Crippen LogP contribution in [0, 0.1) is 12.7 Å². The molecule has 1 unspecified atom stereocenters. The maximum Gasteiger partial charge on any atom is 0.179 e. The number of benzene rings is 1. The predicted octanol–water partition coefficient (Wildman–Crippen LogP) is 2.83. The molecule has 0 aliphatic rings. The second-order valence-corrected chi connectivity index (χ2v) is 4.08. The molecular formula is C13H18FNO. The van der Waals surface area contributed by atoms with E-state index in [0.29, 0.717) is 17.5 Å². The van der Waals surface area contributed by atoms with Crippen LogP contribution in [0.3, 0.4) is 0 Å². The molecule has 1 atom stereocenters. The number of rotatable bonds is 5. The number of unbranched alkanes of at least 4 members (excludes halogenated alkanes) is 1. The third-order valence-electron chi connectivity index (χ3n) is 2.66. The van der Waals surface area contributed by atoms with Gasteiger partial charge in [-0.05, 0) is 25.0 Å². The SMILES string of the molecule is CCCCC(N)C(=O)c1ccc(C)c(F)c1. The summed E-state index contributed by atoms with van der Waals surface area (Å²) < 4.78 is 13.3. The molecule has 16 heavy (non-hydrogen) atoms. The van der Waals surface area contributed by atoms with Gasteiger partial charge in [0, 0.05) is 5.56 Å². The second kappa shape index (κ2) is 5.75. The number of hydrogen-bond donors (Lipinski definition) is 1. The summed E-state index contributed by atoms with van der Waals surface area (Å²) in [5.41, 5.74) is 6.66. The first-order valence-corrected chi connectivity index (χ1v) is 5.62. The molecule has 0 saturated carbocycles. The van der Waals surface area contributed by atoms with Crippen molar-refractivity contribution in [3.8, 4) is 0 Å². The highest BCUT2D eigenvalue weighted by Gasteiger charge is 2.15. The highest BCUT2D eigenvalue weighted by Crippen LogP contribution is 2.12. The number of carbonyl (C=O) groups excluding carboxylic acids is 1. The topological polar surface area (TPSA) is 43.1 Å². The van der Waals surface area contributed by atoms with E-state index in [9.17, 15) is 9.18 Å². The zero-order valence-corrected chi connectivity index (χ0v) is 9.79. The van der Waals surface area contributed by atoms with Crippen LogP contribution in [0.15, 0.2) is 18.2 Å². The van der Waals surface area contributed by atoms with Crippen molar-refractivity contribution in [3.63, 3.8) is 0 Å². The quantitative estimate of drug-likeness (QED) is 0.780. The van der Waals surface area contributed by atoms with Gasteiger partial charge in [0.2, 0.25) is 0 Å². The van der Waals surface area contributed by atoms with Crippen LogP contribution in [0.5, 0.6) is 0 Å². The monoisotopic (exact) mass is 223 g/mol. The summed E-state index contributed by atoms with van der Waals surface area (Å²) in [6, 6.07) is 3.99. The zero-order valence-electron chi connectivity index (χ0n) is 9.79. The molecule has 0 fully saturated rings. The summed E-state index contributed by atoms with van der Waals surface area (Å²) in [6.45, 7) is 3.71. The molecule has 0 saturated heterocycles. The average molecular weight is 223 g/mol. The molecule has 1 aromatic carbocycles. The molecule has 88 valence electrons. The fourth-order valence-electron chi connectivity index (χ4n) is 1.52. The van der Waals surface area contributed by atoms with Gasteiger partial charge in [-0.3, -0.25) is 4.79 Å². The molecule has 2 N–H and O–H groups in total. The number of nitrogens with two attached hydrogens (primary N) is 1. The molecule has 0 bridgehead atoms. The van der Waals surface area contributed by atoms with Crippen molar-refractivity contribution >= 4 is 5.78 Å². The van der Waals surface area contributed by atoms with Crippen LogP contribution in [-0.4, -0.2) is 11.8 Å². The fourth-order valence-corrected chi connectivity index (χ4v) is 1.52. The molecule has 1 rings (SSSR count). The molecule has 0 aliphatic carbocycles. The minimum absolute atomic E-state index is 0.174. The van der Waals surface area contributed by atoms with Crippen molar-refractivity contribution in [2.75, 3.05) is 0 Å². The lowest BCUT2D eigenvalue weighted by molar-refractivity contribution is 0.0955. The summed E-state index contributed by atoms with van der Waals surface area (Å²) >= 11 is 0. The smallest absolute Gasteiger partial charge is 0.179 e. The van der Waals surface area contributed by atoms with Gasteiger partial charge in [-0.15, -0.1) is 0 Å². The van der Waals surface area contributed by atoms with E-state index in [4.69, 9.17) is 5.73 Å². The van der Waals surface area contributed by atoms with E-state index >= 15 is 0 Å². The van der Waals surface area contributed by atoms with Gasteiger partial charge in [0.1, 0.15) is 5.82 Å². The molecular weight excluding hydrogens is 205 g/mol. The normalized spacial score (nSPS) is 12.5. The summed E-state index contributed by atoms with van der Waals surface area (Å²) in [7, 11) is 0. The van der Waals surface area contributed by atoms with Gasteiger partial charge in [0.15, 0.2) is 5.78 Å². The molecule has 0 amide bonds. The van der Waals surface area contributed by atoms with Gasteiger partial charge >= 0.3 is 0 Å². The minimum atomic E-state index is -0.512. The Hall–Kier alpha value is -1.22. The van der Waals surface area contributed by atoms with Crippen molar-refractivity contribution in [1.82, 2.24) is 0 Å². The third-order valence-corrected chi connectivity index (χ3v) is 2.66. The Morgan fingerprint density at radius 1 is 1.50 bits per heavy atom. The van der Waals surface area contributed by atoms with Crippen molar-refractivity contribution < 1.29 is 9.18 Å². The fraction of sp³-hybridized carbons (Fsp3) is 0.462. The third kappa shape index (κ3) is 3.14. The van der Waals surface area contributed by atoms with Gasteiger partial charge in [0.25, 0.3) is 0 Å². The second-order valence-electron chi connectivity index (χ2n) is 4.08. The van der Waals surface area contributed by atoms with Gasteiger partial charge in [-0.1, -0.05) is 31.9 Å². The summed E-state index contributed by atoms with van der Waals surface area (Å²) in [5.74, 6) is -0.527. The molecule has 0 spiro atoms. The average Bonchev–Trinajstić information content (AvgIpc) is 2.28. The van der Waals surface area contributed by atoms with E-state index in [0.717, 1.165) is 12.8 Å². The van der Waals surface area contributed by atoms with Crippen LogP contribution < -0.4 is 5.73 Å². The van der Waals surface area contributed by atoms with Gasteiger partial charge < -0.3 is 5.73 Å². The lowest BCUT2D eigenvalue weighted by Gasteiger charge is -2.10. The molecule has 0 heterocycles. The lowest BCUT2D eigenvalue weighted by Crippen LogP contribution is -2.30. The Balaban J connectivity index is 2.76. The molecule has 1 aromatic rings. The van der Waals surface area contributed by atoms with Crippen LogP contribution >= 0.6 is 0 Å². The van der Waals surface area contributed by atoms with E-state index in [2.05, 4.69) is 0 Å². The molecule has 0 radical (unpaired) electrons. The summed E-state index contributed by atoms with van der Waals surface area (Å²) in [4.78, 5) is 11.8. The highest BCUT2D eigenvalue weighted by atomic mass is 19.1. The van der Waals surface area contributed by atoms with Crippen molar-refractivity contribution in [1.29, 1.82) is 0 Å². The molecule has 2 nitrogen and oxygen atoms in total. The van der Waals surface area contributed by atoms with Crippen molar-refractivity contribution in [2.45, 2.75) is 39.2 Å². The minimum Gasteiger partial charge on any atom is -0.321 e. The molecule has 0 aliphatic heterocycles. The summed E-state index contributed by atoms with van der Waals surface area (Å²) in [5, 5.41) is 0. The maximum absolute atomic E-state index is 13.3. The summed E-state index contributed by atoms with van der Waals surface area (Å²) in [6.07, 6.45) is 2.58. The molecule has 0 aromatic heterocycles. The van der Waals surface area contributed by atoms with E-state index in [1.54, 1.807) is 19.1 Å². The Kier molecular flexibility index (Phi) is 4.62. The van der Waals surface area contributed by atoms with Crippen LogP contribution in [0.4, 0.5) is 4.39 Å². The number of halogens is 1. The molecule has 3 heteroatoms. The van der Waals surface area contributed by atoms with E-state index in [1.165, 1.54) is 6.07 Å².